The van der Waals surface area contributed by atoms with Crippen molar-refractivity contribution >= 4 is 81.8 Å². The normalized spacial score (nSPS) is 18.4. The van der Waals surface area contributed by atoms with Gasteiger partial charge >= 0.3 is 17.9 Å². The molecular weight excluding hydrogens is 1360 g/mol. The standard InChI is InChI=1S/C41H63N5O6S.C38H57N5O7S/c1-10-20-46(41(51)37(27(5)11-2)44-39(50)34-19-15-16-21-45(34)9)35(26(3)4)24-36(52-30(8)48)40-43-33(25-53-40)38(49)42-32(22-28(6)29(7)47)23-31-17-13-12-14-18-31;1-9-24(4)33(41-35(46)30-17-13-14-18-42(30)7)37(47)43(8)31(23(2)3)21-32(50-26(6)44)36-40-29(22-51-36)34(45)39-28(19-25(5)38(48)49)20-27-15-11-10-12-16-27/h12-14,17-18,25-28,32,34-37H,10-11,15-16,19-24H2,1-9H3,(H,42,49)(H,44,50);10-12,15-16,22-25,28,30-33H,9,13-14,17-21H2,1-8H3,(H,39,45)(H,41,46)(H,48,49)/t27-,28-,32+,34+,35+,36+,37-;24-,25-,28+,30+,31+,32+,33-/m00/s1. The zero-order valence-corrected chi connectivity index (χ0v) is 66.4. The van der Waals surface area contributed by atoms with E-state index in [4.69, 9.17) is 9.47 Å². The molecule has 0 bridgehead atoms. The van der Waals surface area contributed by atoms with Crippen molar-refractivity contribution in [3.8, 4) is 0 Å². The number of rotatable bonds is 38. The molecule has 23 nitrogen and oxygen atoms in total. The largest absolute Gasteiger partial charge is 0.481 e. The van der Waals surface area contributed by atoms with Crippen LogP contribution in [0.5, 0.6) is 0 Å². The van der Waals surface area contributed by atoms with Gasteiger partial charge in [-0.3, -0.25) is 57.7 Å². The average Bonchev–Trinajstić information content (AvgIpc) is 1.41. The van der Waals surface area contributed by atoms with Crippen LogP contribution in [0.3, 0.4) is 0 Å². The molecule has 2 aliphatic heterocycles. The number of carbonyl (C=O) groups excluding carboxylic acids is 9. The summed E-state index contributed by atoms with van der Waals surface area (Å²) < 4.78 is 11.6. The Balaban J connectivity index is 0.000000374. The molecule has 25 heteroatoms. The Hall–Kier alpha value is -7.48. The van der Waals surface area contributed by atoms with Crippen LogP contribution in [0.25, 0.3) is 0 Å². The number of ketones is 1. The molecule has 2 aliphatic rings. The van der Waals surface area contributed by atoms with Crippen LogP contribution < -0.4 is 21.3 Å². The molecule has 0 unspecified atom stereocenters. The Bertz CT molecular complexity index is 3410. The van der Waals surface area contributed by atoms with Gasteiger partial charge in [-0.25, -0.2) is 9.97 Å². The summed E-state index contributed by atoms with van der Waals surface area (Å²) >= 11 is 2.42. The fourth-order valence-corrected chi connectivity index (χ4v) is 15.4. The minimum Gasteiger partial charge on any atom is -0.481 e. The number of nitrogens with zero attached hydrogens (tertiary/aromatic N) is 6. The van der Waals surface area contributed by atoms with Crippen molar-refractivity contribution in [3.05, 3.63) is 104 Å². The molecule has 6 rings (SSSR count). The lowest BCUT2D eigenvalue weighted by atomic mass is 9.92. The van der Waals surface area contributed by atoms with Gasteiger partial charge in [0, 0.05) is 81.1 Å². The number of Topliss-reactive ketones (excluding diaryl/α,β-unsaturated/α-hetero) is 1. The van der Waals surface area contributed by atoms with Gasteiger partial charge in [-0.15, -0.1) is 22.7 Å². The van der Waals surface area contributed by atoms with Gasteiger partial charge in [0.15, 0.2) is 12.2 Å². The molecule has 2 aromatic carbocycles. The lowest BCUT2D eigenvalue weighted by Gasteiger charge is -2.40. The van der Waals surface area contributed by atoms with Gasteiger partial charge < -0.3 is 45.6 Å². The molecule has 2 saturated heterocycles. The van der Waals surface area contributed by atoms with Crippen LogP contribution in [0.15, 0.2) is 71.4 Å². The number of piperidine rings is 2. The molecule has 14 atom stereocenters. The second kappa shape index (κ2) is 43.2. The van der Waals surface area contributed by atoms with E-state index in [1.54, 1.807) is 36.6 Å². The molecule has 0 spiro atoms. The SMILES string of the molecule is CCCN(C(=O)[C@@H](NC(=O)[C@H]1CCCCN1C)[C@@H](C)CC)[C@H](C[C@@H](OC(C)=O)c1nc(C(=O)N[C@@H](Cc2ccccc2)C[C@H](C)C(C)=O)cs1)C(C)C.CC[C@H](C)[C@H](NC(=O)[C@H]1CCCCN1C)C(=O)N(C)[C@H](C[C@@H](OC(C)=O)c1nc(C(=O)N[C@@H](Cc2ccccc2)C[C@H](C)C(=O)O)cs1)C(C)C. The van der Waals surface area contributed by atoms with Crippen molar-refractivity contribution in [3.63, 3.8) is 0 Å². The van der Waals surface area contributed by atoms with Crippen LogP contribution >= 0.6 is 22.7 Å². The van der Waals surface area contributed by atoms with Crippen molar-refractivity contribution in [2.24, 2.45) is 35.5 Å². The maximum Gasteiger partial charge on any atom is 0.306 e. The molecule has 2 fully saturated rings. The Morgan fingerprint density at radius 2 is 0.962 bits per heavy atom. The molecule has 4 aromatic rings. The molecule has 6 amide bonds. The quantitative estimate of drug-likeness (QED) is 0.0261. The first-order chi connectivity index (χ1) is 49.3. The first kappa shape index (κ1) is 87.2. The van der Waals surface area contributed by atoms with Gasteiger partial charge in [-0.2, -0.15) is 0 Å². The molecule has 104 heavy (non-hydrogen) atoms. The average molecular weight is 1480 g/mol. The summed E-state index contributed by atoms with van der Waals surface area (Å²) in [7, 11) is 5.62. The number of aliphatic carboxylic acids is 1. The molecular formula is C79H120N10O13S2. The molecule has 2 aromatic heterocycles. The summed E-state index contributed by atoms with van der Waals surface area (Å²) in [6, 6.07) is 15.9. The number of thiazole rings is 2. The molecule has 4 heterocycles. The summed E-state index contributed by atoms with van der Waals surface area (Å²) in [5.41, 5.74) is 2.34. The number of aromatic nitrogens is 2. The molecule has 5 N–H and O–H groups in total. The second-order valence-corrected chi connectivity index (χ2v) is 31.4. The number of carboxylic acid groups (broad SMARTS) is 1. The van der Waals surface area contributed by atoms with Gasteiger partial charge in [0.2, 0.25) is 23.6 Å². The van der Waals surface area contributed by atoms with E-state index >= 15 is 0 Å². The van der Waals surface area contributed by atoms with E-state index in [0.29, 0.717) is 55.1 Å². The maximum absolute atomic E-state index is 14.6. The Morgan fingerprint density at radius 3 is 1.33 bits per heavy atom. The summed E-state index contributed by atoms with van der Waals surface area (Å²) in [6.07, 6.45) is 8.25. The molecule has 0 saturated carbocycles. The minimum atomic E-state index is -0.944. The maximum atomic E-state index is 14.6. The number of carboxylic acids is 1. The summed E-state index contributed by atoms with van der Waals surface area (Å²) in [5.74, 6) is -4.52. The van der Waals surface area contributed by atoms with Gasteiger partial charge in [0.1, 0.15) is 39.3 Å². The first-order valence-electron chi connectivity index (χ1n) is 37.5. The van der Waals surface area contributed by atoms with Crippen molar-refractivity contribution in [2.75, 3.05) is 40.8 Å². The van der Waals surface area contributed by atoms with E-state index in [1.807, 2.05) is 154 Å². The first-order valence-corrected chi connectivity index (χ1v) is 39.3. The monoisotopic (exact) mass is 1480 g/mol. The van der Waals surface area contributed by atoms with Gasteiger partial charge in [0.25, 0.3) is 11.8 Å². The van der Waals surface area contributed by atoms with Crippen LogP contribution in [0, 0.1) is 35.5 Å². The number of hydrogen-bond donors (Lipinski definition) is 5. The van der Waals surface area contributed by atoms with Gasteiger partial charge in [-0.05, 0) is 127 Å². The van der Waals surface area contributed by atoms with Crippen LogP contribution in [0.1, 0.15) is 235 Å². The Labute approximate surface area is 625 Å². The fraction of sp³-hybridized carbons (Fsp3) is 0.646. The highest BCUT2D eigenvalue weighted by Gasteiger charge is 2.41. The highest BCUT2D eigenvalue weighted by atomic mass is 32.1. The number of likely N-dealkylation sites (tertiary alicyclic amines) is 2. The van der Waals surface area contributed by atoms with Gasteiger partial charge in [0.05, 0.1) is 18.0 Å². The van der Waals surface area contributed by atoms with Crippen molar-refractivity contribution in [1.82, 2.24) is 50.8 Å². The van der Waals surface area contributed by atoms with E-state index in [0.717, 1.165) is 62.7 Å². The fourth-order valence-electron chi connectivity index (χ4n) is 13.7. The van der Waals surface area contributed by atoms with Crippen molar-refractivity contribution < 1.29 is 62.5 Å². The lowest BCUT2D eigenvalue weighted by Crippen LogP contribution is -2.58. The van der Waals surface area contributed by atoms with E-state index in [2.05, 4.69) is 36.1 Å². The predicted molar refractivity (Wildman–Crippen MR) is 406 cm³/mol. The number of esters is 2. The molecule has 0 aliphatic carbocycles. The highest BCUT2D eigenvalue weighted by molar-refractivity contribution is 7.10. The topological polar surface area (TPSA) is 296 Å². The van der Waals surface area contributed by atoms with Crippen LogP contribution in [-0.4, -0.2) is 183 Å². The summed E-state index contributed by atoms with van der Waals surface area (Å²) in [5, 5.41) is 25.9. The third-order valence-electron chi connectivity index (χ3n) is 20.5. The molecule has 576 valence electrons. The smallest absolute Gasteiger partial charge is 0.306 e. The van der Waals surface area contributed by atoms with E-state index in [9.17, 15) is 53.1 Å². The number of likely N-dealkylation sites (N-methyl/N-ethyl adjacent to an activating group) is 3. The van der Waals surface area contributed by atoms with Crippen LogP contribution in [0.2, 0.25) is 0 Å². The Morgan fingerprint density at radius 1 is 0.558 bits per heavy atom. The third kappa shape index (κ3) is 26.8. The van der Waals surface area contributed by atoms with E-state index in [1.165, 1.54) is 36.5 Å². The van der Waals surface area contributed by atoms with Crippen LogP contribution in [0.4, 0.5) is 0 Å². The minimum absolute atomic E-state index is 0.0222. The summed E-state index contributed by atoms with van der Waals surface area (Å²) in [4.78, 5) is 148. The predicted octanol–water partition coefficient (Wildman–Crippen LogP) is 11.5. The van der Waals surface area contributed by atoms with Crippen molar-refractivity contribution in [1.29, 1.82) is 0 Å². The van der Waals surface area contributed by atoms with Crippen LogP contribution in [-0.2, 0) is 60.7 Å². The molecule has 0 radical (unpaired) electrons. The number of ether oxygens (including phenoxy) is 2. The Kier molecular flexibility index (Phi) is 36.2. The third-order valence-corrected chi connectivity index (χ3v) is 22.4. The van der Waals surface area contributed by atoms with E-state index < -0.39 is 66.1 Å². The number of benzene rings is 2. The number of amides is 6. The zero-order chi connectivity index (χ0) is 77.1. The number of carbonyl (C=O) groups is 10. The number of nitrogens with one attached hydrogen (secondary N) is 4. The zero-order valence-electron chi connectivity index (χ0n) is 64.7. The second-order valence-electron chi connectivity index (χ2n) is 29.6. The highest BCUT2D eigenvalue weighted by Crippen LogP contribution is 2.34. The van der Waals surface area contributed by atoms with Gasteiger partial charge in [-0.1, -0.05) is 163 Å². The lowest BCUT2D eigenvalue weighted by molar-refractivity contribution is -0.150. The number of hydrogen-bond acceptors (Lipinski definition) is 18. The summed E-state index contributed by atoms with van der Waals surface area (Å²) in [6.45, 7) is 27.9. The van der Waals surface area contributed by atoms with Crippen molar-refractivity contribution in [2.45, 2.75) is 254 Å². The van der Waals surface area contributed by atoms with E-state index in [-0.39, 0.29) is 120 Å².